The number of carboxylic acids is 1. The number of hydrogen-bond acceptors (Lipinski definition) is 2. The molecule has 4 heteroatoms. The van der Waals surface area contributed by atoms with E-state index in [2.05, 4.69) is 12.2 Å². The van der Waals surface area contributed by atoms with E-state index in [9.17, 15) is 4.79 Å². The van der Waals surface area contributed by atoms with Gasteiger partial charge in [-0.2, -0.15) is 0 Å². The van der Waals surface area contributed by atoms with Crippen LogP contribution in [0, 0.1) is 11.8 Å². The fourth-order valence-electron chi connectivity index (χ4n) is 2.98. The number of halogens is 1. The average molecular weight is 234 g/mol. The number of aliphatic carboxylic acids is 1. The molecule has 1 aliphatic carbocycles. The molecule has 1 aliphatic heterocycles. The first kappa shape index (κ1) is 12.8. The molecule has 1 saturated carbocycles. The van der Waals surface area contributed by atoms with Crippen LogP contribution < -0.4 is 5.32 Å². The molecule has 1 unspecified atom stereocenters. The van der Waals surface area contributed by atoms with Crippen LogP contribution in [0.1, 0.15) is 39.0 Å². The minimum atomic E-state index is -0.674. The number of carbonyl (C=O) groups is 1. The summed E-state index contributed by atoms with van der Waals surface area (Å²) in [6.45, 7) is 2.23. The second-order valence-electron chi connectivity index (χ2n) is 4.75. The molecule has 0 aromatic rings. The molecule has 0 aromatic carbocycles. The van der Waals surface area contributed by atoms with Gasteiger partial charge in [-0.25, -0.2) is 0 Å². The Bertz CT molecular complexity index is 235. The lowest BCUT2D eigenvalue weighted by atomic mass is 9.78. The first-order valence-electron chi connectivity index (χ1n) is 5.69. The van der Waals surface area contributed by atoms with Crippen molar-refractivity contribution in [3.05, 3.63) is 0 Å². The van der Waals surface area contributed by atoms with Gasteiger partial charge < -0.3 is 10.4 Å². The third kappa shape index (κ3) is 2.64. The van der Waals surface area contributed by atoms with Gasteiger partial charge in [0.25, 0.3) is 0 Å². The molecule has 88 valence electrons. The van der Waals surface area contributed by atoms with E-state index < -0.39 is 5.97 Å². The molecule has 0 spiro atoms. The second kappa shape index (κ2) is 5.17. The maximum atomic E-state index is 10.8. The van der Waals surface area contributed by atoms with Gasteiger partial charge in [0.2, 0.25) is 0 Å². The summed E-state index contributed by atoms with van der Waals surface area (Å²) in [4.78, 5) is 10.8. The standard InChI is InChI=1S/C11H19NO2.ClH/c1-2-7-3-4-8-6-10(11(13)14)12-9(8)5-7;/h7-10,12H,2-6H2,1H3,(H,13,14);1H/t7?,8-,9-,10+;/m1./s1. The molecule has 0 radical (unpaired) electrons. The molecule has 1 heterocycles. The Morgan fingerprint density at radius 1 is 1.40 bits per heavy atom. The maximum absolute atomic E-state index is 10.8. The van der Waals surface area contributed by atoms with Gasteiger partial charge in [0.05, 0.1) is 0 Å². The summed E-state index contributed by atoms with van der Waals surface area (Å²) in [5, 5.41) is 12.2. The zero-order valence-corrected chi connectivity index (χ0v) is 9.93. The SMILES string of the molecule is CCC1CC[C@@H]2C[C@@H](C(=O)O)N[C@@H]2C1.Cl. The van der Waals surface area contributed by atoms with E-state index in [1.54, 1.807) is 0 Å². The van der Waals surface area contributed by atoms with Crippen molar-refractivity contribution in [2.45, 2.75) is 51.1 Å². The number of fused-ring (bicyclic) bond motifs is 1. The van der Waals surface area contributed by atoms with Crippen molar-refractivity contribution in [3.63, 3.8) is 0 Å². The Morgan fingerprint density at radius 2 is 2.13 bits per heavy atom. The highest BCUT2D eigenvalue weighted by atomic mass is 35.5. The van der Waals surface area contributed by atoms with Gasteiger partial charge in [-0.05, 0) is 31.1 Å². The van der Waals surface area contributed by atoms with E-state index in [-0.39, 0.29) is 18.4 Å². The first-order valence-corrected chi connectivity index (χ1v) is 5.69. The lowest BCUT2D eigenvalue weighted by Crippen LogP contribution is -2.38. The summed E-state index contributed by atoms with van der Waals surface area (Å²) in [5.41, 5.74) is 0. The van der Waals surface area contributed by atoms with Crippen molar-refractivity contribution in [2.24, 2.45) is 11.8 Å². The molecule has 2 aliphatic rings. The van der Waals surface area contributed by atoms with Gasteiger partial charge in [0.15, 0.2) is 0 Å². The van der Waals surface area contributed by atoms with Crippen LogP contribution in [0.4, 0.5) is 0 Å². The van der Waals surface area contributed by atoms with Gasteiger partial charge in [-0.1, -0.05) is 19.8 Å². The van der Waals surface area contributed by atoms with Crippen LogP contribution in [0.5, 0.6) is 0 Å². The highest BCUT2D eigenvalue weighted by Crippen LogP contribution is 2.37. The number of hydrogen-bond donors (Lipinski definition) is 2. The van der Waals surface area contributed by atoms with E-state index in [4.69, 9.17) is 5.11 Å². The number of rotatable bonds is 2. The van der Waals surface area contributed by atoms with Crippen LogP contribution in [0.3, 0.4) is 0 Å². The van der Waals surface area contributed by atoms with Crippen molar-refractivity contribution < 1.29 is 9.90 Å². The third-order valence-corrected chi connectivity index (χ3v) is 3.93. The Balaban J connectivity index is 0.00000112. The van der Waals surface area contributed by atoms with E-state index in [0.717, 1.165) is 12.3 Å². The zero-order valence-electron chi connectivity index (χ0n) is 9.11. The number of carboxylic acid groups (broad SMARTS) is 1. The molecule has 3 nitrogen and oxygen atoms in total. The minimum absolute atomic E-state index is 0. The molecule has 2 rings (SSSR count). The highest BCUT2D eigenvalue weighted by molar-refractivity contribution is 5.85. The molecule has 0 aromatic heterocycles. The monoisotopic (exact) mass is 233 g/mol. The van der Waals surface area contributed by atoms with Crippen molar-refractivity contribution in [3.8, 4) is 0 Å². The Hall–Kier alpha value is -0.280. The fourth-order valence-corrected chi connectivity index (χ4v) is 2.98. The largest absolute Gasteiger partial charge is 0.480 e. The van der Waals surface area contributed by atoms with Crippen molar-refractivity contribution in [2.75, 3.05) is 0 Å². The van der Waals surface area contributed by atoms with Crippen LogP contribution in [0.2, 0.25) is 0 Å². The van der Waals surface area contributed by atoms with Crippen LogP contribution in [-0.4, -0.2) is 23.2 Å². The van der Waals surface area contributed by atoms with Crippen molar-refractivity contribution >= 4 is 18.4 Å². The topological polar surface area (TPSA) is 49.3 Å². The van der Waals surface area contributed by atoms with Crippen LogP contribution >= 0.6 is 12.4 Å². The number of nitrogens with one attached hydrogen (secondary N) is 1. The zero-order chi connectivity index (χ0) is 10.1. The molecule has 0 bridgehead atoms. The lowest BCUT2D eigenvalue weighted by molar-refractivity contribution is -0.139. The first-order chi connectivity index (χ1) is 6.70. The van der Waals surface area contributed by atoms with E-state index in [1.807, 2.05) is 0 Å². The molecule has 4 atom stereocenters. The van der Waals surface area contributed by atoms with Crippen LogP contribution in [0.25, 0.3) is 0 Å². The van der Waals surface area contributed by atoms with Gasteiger partial charge in [-0.3, -0.25) is 4.79 Å². The second-order valence-corrected chi connectivity index (χ2v) is 4.75. The van der Waals surface area contributed by atoms with Gasteiger partial charge in [-0.15, -0.1) is 12.4 Å². The van der Waals surface area contributed by atoms with Crippen LogP contribution in [0.15, 0.2) is 0 Å². The quantitative estimate of drug-likeness (QED) is 0.768. The predicted molar refractivity (Wildman–Crippen MR) is 61.3 cm³/mol. The predicted octanol–water partition coefficient (Wildman–Crippen LogP) is 2.05. The van der Waals surface area contributed by atoms with Gasteiger partial charge in [0, 0.05) is 6.04 Å². The van der Waals surface area contributed by atoms with Crippen LogP contribution in [-0.2, 0) is 4.79 Å². The van der Waals surface area contributed by atoms with E-state index in [1.165, 1.54) is 25.7 Å². The summed E-state index contributed by atoms with van der Waals surface area (Å²) in [7, 11) is 0. The van der Waals surface area contributed by atoms with E-state index in [0.29, 0.717) is 12.0 Å². The summed E-state index contributed by atoms with van der Waals surface area (Å²) in [6.07, 6.45) is 5.79. The minimum Gasteiger partial charge on any atom is -0.480 e. The van der Waals surface area contributed by atoms with E-state index >= 15 is 0 Å². The Kier molecular flexibility index (Phi) is 4.41. The summed E-state index contributed by atoms with van der Waals surface area (Å²) < 4.78 is 0. The summed E-state index contributed by atoms with van der Waals surface area (Å²) in [5.74, 6) is 0.766. The normalized spacial score (nSPS) is 39.3. The smallest absolute Gasteiger partial charge is 0.320 e. The van der Waals surface area contributed by atoms with Crippen molar-refractivity contribution in [1.29, 1.82) is 0 Å². The maximum Gasteiger partial charge on any atom is 0.320 e. The fraction of sp³-hybridized carbons (Fsp3) is 0.909. The third-order valence-electron chi connectivity index (χ3n) is 3.93. The van der Waals surface area contributed by atoms with Crippen molar-refractivity contribution in [1.82, 2.24) is 5.32 Å². The summed E-state index contributed by atoms with van der Waals surface area (Å²) >= 11 is 0. The Morgan fingerprint density at radius 3 is 2.73 bits per heavy atom. The molecular weight excluding hydrogens is 214 g/mol. The van der Waals surface area contributed by atoms with Gasteiger partial charge in [0.1, 0.15) is 6.04 Å². The lowest BCUT2D eigenvalue weighted by Gasteiger charge is -2.30. The molecule has 2 N–H and O–H groups in total. The summed E-state index contributed by atoms with van der Waals surface area (Å²) in [6, 6.07) is 0.204. The highest BCUT2D eigenvalue weighted by Gasteiger charge is 2.40. The Labute approximate surface area is 97.0 Å². The van der Waals surface area contributed by atoms with Gasteiger partial charge >= 0.3 is 5.97 Å². The molecular formula is C11H20ClNO2. The molecule has 2 fully saturated rings. The molecule has 15 heavy (non-hydrogen) atoms. The average Bonchev–Trinajstić information content (AvgIpc) is 2.59. The molecule has 1 saturated heterocycles. The molecule has 0 amide bonds.